The lowest BCUT2D eigenvalue weighted by Gasteiger charge is -1.99. The predicted molar refractivity (Wildman–Crippen MR) is 69.0 cm³/mol. The molecule has 17 heavy (non-hydrogen) atoms. The van der Waals surface area contributed by atoms with E-state index in [0.29, 0.717) is 22.9 Å². The molecular formula is C11H13Cl2FN2O. The fourth-order valence-electron chi connectivity index (χ4n) is 1.47. The van der Waals surface area contributed by atoms with Crippen molar-refractivity contribution in [3.63, 3.8) is 0 Å². The molecule has 0 atom stereocenters. The van der Waals surface area contributed by atoms with Gasteiger partial charge in [0.15, 0.2) is 5.89 Å². The highest BCUT2D eigenvalue weighted by molar-refractivity contribution is 5.85. The predicted octanol–water partition coefficient (Wildman–Crippen LogP) is 3.09. The molecule has 1 aromatic carbocycles. The average molecular weight is 279 g/mol. The summed E-state index contributed by atoms with van der Waals surface area (Å²) in [6, 6.07) is 6.43. The lowest BCUT2D eigenvalue weighted by molar-refractivity contribution is 0.477. The number of aryl methyl sites for hydroxylation is 1. The number of halogens is 3. The molecule has 0 fully saturated rings. The molecule has 0 amide bonds. The van der Waals surface area contributed by atoms with Gasteiger partial charge in [0.05, 0.1) is 6.54 Å². The van der Waals surface area contributed by atoms with Crippen molar-refractivity contribution in [2.45, 2.75) is 13.5 Å². The summed E-state index contributed by atoms with van der Waals surface area (Å²) in [6.07, 6.45) is 0. The van der Waals surface area contributed by atoms with Gasteiger partial charge in [0.25, 0.3) is 0 Å². The summed E-state index contributed by atoms with van der Waals surface area (Å²) in [4.78, 5) is 4.13. The first-order chi connectivity index (χ1) is 7.22. The zero-order valence-corrected chi connectivity index (χ0v) is 10.8. The van der Waals surface area contributed by atoms with E-state index in [2.05, 4.69) is 4.98 Å². The van der Waals surface area contributed by atoms with Crippen LogP contribution in [0.25, 0.3) is 11.3 Å². The van der Waals surface area contributed by atoms with Crippen LogP contribution < -0.4 is 5.73 Å². The lowest BCUT2D eigenvalue weighted by atomic mass is 10.1. The van der Waals surface area contributed by atoms with Crippen LogP contribution in [-0.2, 0) is 6.54 Å². The van der Waals surface area contributed by atoms with Gasteiger partial charge in [0.1, 0.15) is 17.3 Å². The Morgan fingerprint density at radius 1 is 1.29 bits per heavy atom. The highest BCUT2D eigenvalue weighted by Gasteiger charge is 2.14. The summed E-state index contributed by atoms with van der Waals surface area (Å²) in [6.45, 7) is 1.92. The first-order valence-electron chi connectivity index (χ1n) is 4.63. The van der Waals surface area contributed by atoms with Gasteiger partial charge in [-0.2, -0.15) is 0 Å². The quantitative estimate of drug-likeness (QED) is 0.919. The second-order valence-corrected chi connectivity index (χ2v) is 3.19. The maximum Gasteiger partial charge on any atom is 0.191 e. The van der Waals surface area contributed by atoms with Gasteiger partial charge in [0, 0.05) is 12.5 Å². The average Bonchev–Trinajstić information content (AvgIpc) is 2.60. The molecule has 0 aliphatic heterocycles. The number of benzene rings is 1. The van der Waals surface area contributed by atoms with Gasteiger partial charge in [-0.1, -0.05) is 12.1 Å². The van der Waals surface area contributed by atoms with Crippen molar-refractivity contribution in [1.82, 2.24) is 4.98 Å². The normalized spacial score (nSPS) is 9.35. The summed E-state index contributed by atoms with van der Waals surface area (Å²) < 4.78 is 18.7. The van der Waals surface area contributed by atoms with Crippen molar-refractivity contribution < 1.29 is 8.81 Å². The van der Waals surface area contributed by atoms with Crippen LogP contribution in [0.1, 0.15) is 11.7 Å². The van der Waals surface area contributed by atoms with E-state index in [0.717, 1.165) is 0 Å². The highest BCUT2D eigenvalue weighted by atomic mass is 35.5. The number of hydrogen-bond acceptors (Lipinski definition) is 3. The minimum atomic E-state index is -0.319. The first-order valence-corrected chi connectivity index (χ1v) is 4.63. The third-order valence-corrected chi connectivity index (χ3v) is 2.12. The van der Waals surface area contributed by atoms with Gasteiger partial charge in [-0.25, -0.2) is 9.37 Å². The van der Waals surface area contributed by atoms with Gasteiger partial charge >= 0.3 is 0 Å². The number of hydrogen-bond donors (Lipinski definition) is 1. The van der Waals surface area contributed by atoms with Crippen LogP contribution in [0, 0.1) is 12.7 Å². The minimum absolute atomic E-state index is 0. The molecule has 1 heterocycles. The van der Waals surface area contributed by atoms with Crippen LogP contribution in [0.5, 0.6) is 0 Å². The number of nitrogens with two attached hydrogens (primary N) is 1. The third kappa shape index (κ3) is 3.19. The van der Waals surface area contributed by atoms with Crippen molar-refractivity contribution in [1.29, 1.82) is 0 Å². The number of nitrogens with zero attached hydrogens (tertiary/aromatic N) is 1. The molecule has 0 aliphatic rings. The molecule has 0 radical (unpaired) electrons. The van der Waals surface area contributed by atoms with Crippen LogP contribution in [0.4, 0.5) is 4.39 Å². The van der Waals surface area contributed by atoms with E-state index < -0.39 is 0 Å². The van der Waals surface area contributed by atoms with E-state index in [1.807, 2.05) is 0 Å². The fourth-order valence-corrected chi connectivity index (χ4v) is 1.47. The Balaban J connectivity index is 0.00000128. The molecule has 2 rings (SSSR count). The Kier molecular flexibility index (Phi) is 6.16. The molecule has 2 N–H and O–H groups in total. The maximum atomic E-state index is 13.5. The lowest BCUT2D eigenvalue weighted by Crippen LogP contribution is -1.97. The maximum absolute atomic E-state index is 13.5. The zero-order chi connectivity index (χ0) is 10.8. The minimum Gasteiger partial charge on any atom is -0.444 e. The Bertz CT molecular complexity index is 488. The van der Waals surface area contributed by atoms with Crippen molar-refractivity contribution in [3.8, 4) is 11.3 Å². The molecule has 0 unspecified atom stereocenters. The molecule has 0 spiro atoms. The zero-order valence-electron chi connectivity index (χ0n) is 9.14. The molecule has 6 heteroatoms. The molecule has 1 aromatic heterocycles. The van der Waals surface area contributed by atoms with Crippen LogP contribution in [0.2, 0.25) is 0 Å². The monoisotopic (exact) mass is 278 g/mol. The molecule has 0 saturated heterocycles. The Morgan fingerprint density at radius 2 is 1.94 bits per heavy atom. The third-order valence-electron chi connectivity index (χ3n) is 2.12. The summed E-state index contributed by atoms with van der Waals surface area (Å²) in [5, 5.41) is 0. The first kappa shape index (κ1) is 15.9. The van der Waals surface area contributed by atoms with E-state index in [1.54, 1.807) is 25.1 Å². The van der Waals surface area contributed by atoms with Crippen molar-refractivity contribution in [2.75, 3.05) is 0 Å². The highest BCUT2D eigenvalue weighted by Crippen LogP contribution is 2.25. The van der Waals surface area contributed by atoms with Gasteiger partial charge in [-0.05, 0) is 12.1 Å². The molecule has 0 bridgehead atoms. The molecule has 3 nitrogen and oxygen atoms in total. The molecule has 0 saturated carbocycles. The van der Waals surface area contributed by atoms with E-state index in [4.69, 9.17) is 10.2 Å². The summed E-state index contributed by atoms with van der Waals surface area (Å²) in [5.41, 5.74) is 6.41. The van der Waals surface area contributed by atoms with E-state index in [-0.39, 0.29) is 37.2 Å². The smallest absolute Gasteiger partial charge is 0.191 e. The van der Waals surface area contributed by atoms with Crippen molar-refractivity contribution in [2.24, 2.45) is 5.73 Å². The topological polar surface area (TPSA) is 52.0 Å². The summed E-state index contributed by atoms with van der Waals surface area (Å²) >= 11 is 0. The van der Waals surface area contributed by atoms with Crippen molar-refractivity contribution >= 4 is 24.8 Å². The van der Waals surface area contributed by atoms with Crippen LogP contribution in [0.3, 0.4) is 0 Å². The van der Waals surface area contributed by atoms with Gasteiger partial charge in [-0.15, -0.1) is 24.8 Å². The van der Waals surface area contributed by atoms with E-state index in [9.17, 15) is 4.39 Å². The Hall–Kier alpha value is -1.10. The van der Waals surface area contributed by atoms with Gasteiger partial charge in [0.2, 0.25) is 0 Å². The largest absolute Gasteiger partial charge is 0.444 e. The second kappa shape index (κ2) is 6.59. The van der Waals surface area contributed by atoms with Crippen LogP contribution >= 0.6 is 24.8 Å². The van der Waals surface area contributed by atoms with Crippen LogP contribution in [-0.4, -0.2) is 4.98 Å². The second-order valence-electron chi connectivity index (χ2n) is 3.19. The number of aromatic nitrogens is 1. The molecule has 94 valence electrons. The molecule has 0 aliphatic carbocycles. The fraction of sp³-hybridized carbons (Fsp3) is 0.182. The summed E-state index contributed by atoms with van der Waals surface area (Å²) in [5.74, 6) is 0.687. The summed E-state index contributed by atoms with van der Waals surface area (Å²) in [7, 11) is 0. The molecule has 2 aromatic rings. The van der Waals surface area contributed by atoms with Crippen LogP contribution in [0.15, 0.2) is 28.7 Å². The SMILES string of the molecule is Cc1nc(-c2ccccc2F)c(CN)o1.Cl.Cl. The number of rotatable bonds is 2. The van der Waals surface area contributed by atoms with Gasteiger partial charge in [-0.3, -0.25) is 0 Å². The Labute approximate surface area is 111 Å². The standard InChI is InChI=1S/C11H11FN2O.2ClH/c1-7-14-11(10(6-13)15-7)8-4-2-3-5-9(8)12;;/h2-5H,6,13H2,1H3;2*1H. The molecular weight excluding hydrogens is 266 g/mol. The van der Waals surface area contributed by atoms with E-state index >= 15 is 0 Å². The van der Waals surface area contributed by atoms with E-state index in [1.165, 1.54) is 6.07 Å². The number of oxazole rings is 1. The van der Waals surface area contributed by atoms with Crippen molar-refractivity contribution in [3.05, 3.63) is 41.7 Å². The van der Waals surface area contributed by atoms with Gasteiger partial charge < -0.3 is 10.2 Å². The Morgan fingerprint density at radius 3 is 2.53 bits per heavy atom.